The minimum Gasteiger partial charge on any atom is -0.497 e. The third-order valence-corrected chi connectivity index (χ3v) is 5.57. The van der Waals surface area contributed by atoms with Gasteiger partial charge in [0.25, 0.3) is 5.91 Å². The molecule has 1 aliphatic heterocycles. The van der Waals surface area contributed by atoms with Crippen LogP contribution in [0.15, 0.2) is 24.3 Å². The molecule has 2 rings (SSSR count). The van der Waals surface area contributed by atoms with Crippen molar-refractivity contribution in [2.24, 2.45) is 0 Å². The molecule has 7 heteroatoms. The van der Waals surface area contributed by atoms with Crippen molar-refractivity contribution in [2.45, 2.75) is 31.9 Å². The van der Waals surface area contributed by atoms with Crippen molar-refractivity contribution in [3.8, 4) is 11.5 Å². The Balaban J connectivity index is 1.94. The van der Waals surface area contributed by atoms with Crippen molar-refractivity contribution >= 4 is 15.7 Å². The Bertz CT molecular complexity index is 640. The molecule has 0 unspecified atom stereocenters. The first-order valence-corrected chi connectivity index (χ1v) is 8.88. The van der Waals surface area contributed by atoms with Crippen LogP contribution in [0.5, 0.6) is 11.5 Å². The van der Waals surface area contributed by atoms with E-state index in [1.54, 1.807) is 45.2 Å². The summed E-state index contributed by atoms with van der Waals surface area (Å²) in [5.41, 5.74) is -0.715. The highest BCUT2D eigenvalue weighted by molar-refractivity contribution is 7.91. The number of sulfone groups is 1. The Kier molecular flexibility index (Phi) is 4.65. The molecule has 1 fully saturated rings. The first-order chi connectivity index (χ1) is 10.2. The maximum absolute atomic E-state index is 12.2. The topological polar surface area (TPSA) is 81.7 Å². The van der Waals surface area contributed by atoms with Crippen LogP contribution >= 0.6 is 0 Å². The van der Waals surface area contributed by atoms with E-state index in [1.165, 1.54) is 0 Å². The van der Waals surface area contributed by atoms with Crippen LogP contribution in [-0.2, 0) is 14.6 Å². The van der Waals surface area contributed by atoms with Crippen molar-refractivity contribution in [1.29, 1.82) is 0 Å². The molecule has 122 valence electrons. The Morgan fingerprint density at radius 1 is 1.27 bits per heavy atom. The molecular formula is C15H21NO5S. The van der Waals surface area contributed by atoms with E-state index in [9.17, 15) is 13.2 Å². The van der Waals surface area contributed by atoms with Gasteiger partial charge in [0.15, 0.2) is 15.9 Å². The van der Waals surface area contributed by atoms with Crippen molar-refractivity contribution < 1.29 is 22.7 Å². The van der Waals surface area contributed by atoms with E-state index in [4.69, 9.17) is 9.47 Å². The average Bonchev–Trinajstić information content (AvgIpc) is 2.73. The van der Waals surface area contributed by atoms with Crippen LogP contribution in [0.2, 0.25) is 0 Å². The summed E-state index contributed by atoms with van der Waals surface area (Å²) >= 11 is 0. The fourth-order valence-electron chi connectivity index (χ4n) is 2.42. The first-order valence-electron chi connectivity index (χ1n) is 7.06. The van der Waals surface area contributed by atoms with E-state index >= 15 is 0 Å². The highest BCUT2D eigenvalue weighted by Gasteiger charge is 2.40. The first kappa shape index (κ1) is 16.6. The Labute approximate surface area is 130 Å². The van der Waals surface area contributed by atoms with E-state index in [-0.39, 0.29) is 17.4 Å². The van der Waals surface area contributed by atoms with E-state index in [0.29, 0.717) is 17.9 Å². The van der Waals surface area contributed by atoms with Gasteiger partial charge in [0.05, 0.1) is 24.2 Å². The normalized spacial score (nSPS) is 24.5. The van der Waals surface area contributed by atoms with Crippen molar-refractivity contribution in [1.82, 2.24) is 5.32 Å². The van der Waals surface area contributed by atoms with Crippen molar-refractivity contribution in [2.75, 3.05) is 18.6 Å². The zero-order chi connectivity index (χ0) is 16.4. The number of hydrogen-bond donors (Lipinski definition) is 1. The number of ether oxygens (including phenoxy) is 2. The van der Waals surface area contributed by atoms with Gasteiger partial charge < -0.3 is 14.8 Å². The van der Waals surface area contributed by atoms with Gasteiger partial charge in [-0.25, -0.2) is 8.42 Å². The van der Waals surface area contributed by atoms with Crippen molar-refractivity contribution in [3.05, 3.63) is 24.3 Å². The smallest absolute Gasteiger partial charge is 0.261 e. The molecule has 1 aromatic carbocycles. The fourth-order valence-corrected chi connectivity index (χ4v) is 4.51. The van der Waals surface area contributed by atoms with Gasteiger partial charge in [-0.1, -0.05) is 0 Å². The van der Waals surface area contributed by atoms with Gasteiger partial charge in [-0.2, -0.15) is 0 Å². The average molecular weight is 327 g/mol. The predicted molar refractivity (Wildman–Crippen MR) is 82.9 cm³/mol. The number of carbonyl (C=O) groups is 1. The molecule has 6 nitrogen and oxygen atoms in total. The second-order valence-electron chi connectivity index (χ2n) is 5.83. The summed E-state index contributed by atoms with van der Waals surface area (Å²) < 4.78 is 33.7. The minimum absolute atomic E-state index is 0.0268. The monoisotopic (exact) mass is 327 g/mol. The molecule has 0 aromatic heterocycles. The van der Waals surface area contributed by atoms with Crippen LogP contribution in [0.25, 0.3) is 0 Å². The molecule has 1 saturated heterocycles. The fraction of sp³-hybridized carbons (Fsp3) is 0.533. The van der Waals surface area contributed by atoms with Gasteiger partial charge in [-0.3, -0.25) is 4.79 Å². The molecule has 0 spiro atoms. The van der Waals surface area contributed by atoms with E-state index < -0.39 is 21.5 Å². The van der Waals surface area contributed by atoms with Gasteiger partial charge in [-0.15, -0.1) is 0 Å². The van der Waals surface area contributed by atoms with E-state index in [0.717, 1.165) is 0 Å². The second kappa shape index (κ2) is 6.16. The molecule has 1 aromatic rings. The van der Waals surface area contributed by atoms with Crippen LogP contribution in [0.3, 0.4) is 0 Å². The minimum atomic E-state index is -3.06. The maximum Gasteiger partial charge on any atom is 0.261 e. The van der Waals surface area contributed by atoms with Gasteiger partial charge in [0, 0.05) is 0 Å². The lowest BCUT2D eigenvalue weighted by Gasteiger charge is -2.26. The third kappa shape index (κ3) is 4.13. The molecule has 22 heavy (non-hydrogen) atoms. The third-order valence-electron chi connectivity index (χ3n) is 3.67. The van der Waals surface area contributed by atoms with Gasteiger partial charge in [0.1, 0.15) is 11.5 Å². The standard InChI is InChI=1S/C15H21NO5S/c1-11(21-13-6-4-12(20-3)5-7-13)14(17)16-15(2)8-9-22(18,19)10-15/h4-7,11H,8-10H2,1-3H3,(H,16,17)/t11-,15-/m1/s1. The molecule has 1 N–H and O–H groups in total. The number of nitrogens with one attached hydrogen (secondary N) is 1. The quantitative estimate of drug-likeness (QED) is 0.877. The van der Waals surface area contributed by atoms with Crippen LogP contribution < -0.4 is 14.8 Å². The van der Waals surface area contributed by atoms with E-state index in [2.05, 4.69) is 5.32 Å². The molecule has 1 heterocycles. The summed E-state index contributed by atoms with van der Waals surface area (Å²) in [7, 11) is -1.49. The summed E-state index contributed by atoms with van der Waals surface area (Å²) in [6, 6.07) is 6.91. The van der Waals surface area contributed by atoms with E-state index in [1.807, 2.05) is 0 Å². The SMILES string of the molecule is COc1ccc(O[C@H](C)C(=O)N[C@]2(C)CCS(=O)(=O)C2)cc1. The molecule has 0 saturated carbocycles. The molecule has 1 aliphatic rings. The molecule has 1 amide bonds. The van der Waals surface area contributed by atoms with Crippen LogP contribution in [0.4, 0.5) is 0 Å². The molecule has 2 atom stereocenters. The lowest BCUT2D eigenvalue weighted by atomic mass is 10.0. The predicted octanol–water partition coefficient (Wildman–Crippen LogP) is 1.16. The largest absolute Gasteiger partial charge is 0.497 e. The highest BCUT2D eigenvalue weighted by atomic mass is 32.2. The van der Waals surface area contributed by atoms with Gasteiger partial charge in [-0.05, 0) is 44.5 Å². The zero-order valence-electron chi connectivity index (χ0n) is 13.0. The summed E-state index contributed by atoms with van der Waals surface area (Å²) in [6.45, 7) is 3.38. The number of methoxy groups -OCH3 is 1. The summed E-state index contributed by atoms with van der Waals surface area (Å²) in [6.07, 6.45) is -0.287. The molecular weight excluding hydrogens is 306 g/mol. The Morgan fingerprint density at radius 2 is 1.86 bits per heavy atom. The second-order valence-corrected chi connectivity index (χ2v) is 8.01. The summed E-state index contributed by atoms with van der Waals surface area (Å²) in [5, 5.41) is 2.79. The van der Waals surface area contributed by atoms with Gasteiger partial charge >= 0.3 is 0 Å². The zero-order valence-corrected chi connectivity index (χ0v) is 13.8. The lowest BCUT2D eigenvalue weighted by molar-refractivity contribution is -0.128. The Hall–Kier alpha value is -1.76. The van der Waals surface area contributed by atoms with Gasteiger partial charge in [0.2, 0.25) is 0 Å². The number of amides is 1. The summed E-state index contributed by atoms with van der Waals surface area (Å²) in [5.74, 6) is 1.01. The highest BCUT2D eigenvalue weighted by Crippen LogP contribution is 2.23. The van der Waals surface area contributed by atoms with Crippen molar-refractivity contribution in [3.63, 3.8) is 0 Å². The molecule has 0 bridgehead atoms. The number of carbonyl (C=O) groups excluding carboxylic acids is 1. The number of hydrogen-bond acceptors (Lipinski definition) is 5. The number of benzene rings is 1. The van der Waals surface area contributed by atoms with Crippen LogP contribution in [0, 0.1) is 0 Å². The maximum atomic E-state index is 12.2. The number of rotatable bonds is 5. The van der Waals surface area contributed by atoms with Crippen LogP contribution in [0.1, 0.15) is 20.3 Å². The molecule has 0 radical (unpaired) electrons. The lowest BCUT2D eigenvalue weighted by Crippen LogP contribution is -2.51. The summed E-state index contributed by atoms with van der Waals surface area (Å²) in [4.78, 5) is 12.2. The van der Waals surface area contributed by atoms with Crippen LogP contribution in [-0.4, -0.2) is 44.6 Å². The Morgan fingerprint density at radius 3 is 2.36 bits per heavy atom. The molecule has 0 aliphatic carbocycles.